The fraction of sp³-hybridized carbons (Fsp3) is 0.214. The summed E-state index contributed by atoms with van der Waals surface area (Å²) in [4.78, 5) is 28.0. The standard InChI is InChI=1S/C28H26BrNO5/c1-17(2)16-35-23-14-10-21(11-15-23)30-25(18-6-12-22(34-3)13-7-18)24(27(32)28(30)33)26(31)19-4-8-20(29)9-5-19/h4-15,17,25,31H,16H2,1-3H3/b26-24+. The minimum absolute atomic E-state index is 0.0302. The number of aliphatic hydroxyl groups is 1. The third-order valence-corrected chi connectivity index (χ3v) is 6.22. The van der Waals surface area contributed by atoms with Gasteiger partial charge in [0.15, 0.2) is 0 Å². The van der Waals surface area contributed by atoms with E-state index in [0.29, 0.717) is 40.8 Å². The lowest BCUT2D eigenvalue weighted by molar-refractivity contribution is -0.132. The summed E-state index contributed by atoms with van der Waals surface area (Å²) >= 11 is 3.38. The number of carbonyl (C=O) groups is 2. The number of ether oxygens (including phenoxy) is 2. The number of amides is 1. The van der Waals surface area contributed by atoms with E-state index in [1.807, 2.05) is 0 Å². The minimum atomic E-state index is -0.813. The number of nitrogens with zero attached hydrogens (tertiary/aromatic N) is 1. The largest absolute Gasteiger partial charge is 0.507 e. The number of methoxy groups -OCH3 is 1. The van der Waals surface area contributed by atoms with Crippen molar-refractivity contribution in [1.29, 1.82) is 0 Å². The summed E-state index contributed by atoms with van der Waals surface area (Å²) in [5.41, 5.74) is 1.67. The van der Waals surface area contributed by atoms with Gasteiger partial charge in [-0.2, -0.15) is 0 Å². The molecule has 180 valence electrons. The van der Waals surface area contributed by atoms with Crippen molar-refractivity contribution in [3.63, 3.8) is 0 Å². The highest BCUT2D eigenvalue weighted by molar-refractivity contribution is 9.10. The summed E-state index contributed by atoms with van der Waals surface area (Å²) in [7, 11) is 1.57. The van der Waals surface area contributed by atoms with E-state index in [9.17, 15) is 14.7 Å². The predicted molar refractivity (Wildman–Crippen MR) is 139 cm³/mol. The molecule has 7 heteroatoms. The van der Waals surface area contributed by atoms with Crippen LogP contribution < -0.4 is 14.4 Å². The summed E-state index contributed by atoms with van der Waals surface area (Å²) in [6.07, 6.45) is 0. The summed E-state index contributed by atoms with van der Waals surface area (Å²) in [5.74, 6) is 0.0177. The van der Waals surface area contributed by atoms with Crippen molar-refractivity contribution in [3.8, 4) is 11.5 Å². The maximum atomic E-state index is 13.3. The number of hydrogen-bond donors (Lipinski definition) is 1. The maximum absolute atomic E-state index is 13.3. The number of anilines is 1. The van der Waals surface area contributed by atoms with Gasteiger partial charge in [0.1, 0.15) is 17.3 Å². The van der Waals surface area contributed by atoms with Gasteiger partial charge in [0.05, 0.1) is 25.3 Å². The van der Waals surface area contributed by atoms with Gasteiger partial charge in [-0.15, -0.1) is 0 Å². The van der Waals surface area contributed by atoms with Crippen LogP contribution in [0.4, 0.5) is 5.69 Å². The smallest absolute Gasteiger partial charge is 0.300 e. The van der Waals surface area contributed by atoms with E-state index in [4.69, 9.17) is 9.47 Å². The van der Waals surface area contributed by atoms with E-state index in [0.717, 1.165) is 4.47 Å². The third kappa shape index (κ3) is 5.10. The first-order valence-electron chi connectivity index (χ1n) is 11.2. The second kappa shape index (κ2) is 10.4. The molecule has 35 heavy (non-hydrogen) atoms. The predicted octanol–water partition coefficient (Wildman–Crippen LogP) is 6.12. The SMILES string of the molecule is COc1ccc(C2/C(=C(\O)c3ccc(Br)cc3)C(=O)C(=O)N2c2ccc(OCC(C)C)cc2)cc1. The molecule has 1 aliphatic rings. The molecular weight excluding hydrogens is 510 g/mol. The normalized spacial score (nSPS) is 17.2. The van der Waals surface area contributed by atoms with E-state index in [1.165, 1.54) is 4.90 Å². The van der Waals surface area contributed by atoms with Crippen molar-refractivity contribution in [3.05, 3.63) is 94.0 Å². The quantitative estimate of drug-likeness (QED) is 0.224. The Morgan fingerprint density at radius 2 is 1.54 bits per heavy atom. The molecule has 1 heterocycles. The first-order chi connectivity index (χ1) is 16.8. The zero-order valence-corrected chi connectivity index (χ0v) is 21.3. The Morgan fingerprint density at radius 3 is 2.11 bits per heavy atom. The number of Topliss-reactive ketones (excluding diaryl/α,β-unsaturated/α-hetero) is 1. The van der Waals surface area contributed by atoms with Crippen LogP contribution in [0.25, 0.3) is 5.76 Å². The highest BCUT2D eigenvalue weighted by atomic mass is 79.9. The second-order valence-electron chi connectivity index (χ2n) is 8.65. The molecule has 0 radical (unpaired) electrons. The van der Waals surface area contributed by atoms with Gasteiger partial charge in [-0.3, -0.25) is 14.5 Å². The third-order valence-electron chi connectivity index (χ3n) is 5.69. The summed E-state index contributed by atoms with van der Waals surface area (Å²) in [5, 5.41) is 11.2. The Bertz CT molecular complexity index is 1250. The van der Waals surface area contributed by atoms with E-state index < -0.39 is 17.7 Å². The van der Waals surface area contributed by atoms with E-state index >= 15 is 0 Å². The monoisotopic (exact) mass is 535 g/mol. The van der Waals surface area contributed by atoms with E-state index in [-0.39, 0.29) is 11.3 Å². The van der Waals surface area contributed by atoms with Gasteiger partial charge in [0, 0.05) is 15.7 Å². The Hall–Kier alpha value is -3.58. The summed E-state index contributed by atoms with van der Waals surface area (Å²) < 4.78 is 11.9. The van der Waals surface area contributed by atoms with Crippen LogP contribution in [0, 0.1) is 5.92 Å². The topological polar surface area (TPSA) is 76.1 Å². The van der Waals surface area contributed by atoms with Gasteiger partial charge in [-0.1, -0.05) is 54.0 Å². The number of benzene rings is 3. The van der Waals surface area contributed by atoms with Crippen molar-refractivity contribution < 1.29 is 24.2 Å². The van der Waals surface area contributed by atoms with Crippen molar-refractivity contribution in [2.24, 2.45) is 5.92 Å². The average Bonchev–Trinajstić information content (AvgIpc) is 3.13. The maximum Gasteiger partial charge on any atom is 0.300 e. The fourth-order valence-corrected chi connectivity index (χ4v) is 4.19. The number of carbonyl (C=O) groups excluding carboxylic acids is 2. The molecule has 3 aromatic rings. The van der Waals surface area contributed by atoms with Crippen LogP contribution in [-0.4, -0.2) is 30.5 Å². The van der Waals surface area contributed by atoms with Crippen LogP contribution in [-0.2, 0) is 9.59 Å². The zero-order valence-electron chi connectivity index (χ0n) is 19.7. The number of halogens is 1. The first-order valence-corrected chi connectivity index (χ1v) is 12.0. The lowest BCUT2D eigenvalue weighted by Gasteiger charge is -2.26. The summed E-state index contributed by atoms with van der Waals surface area (Å²) in [6, 6.07) is 20.3. The Morgan fingerprint density at radius 1 is 0.943 bits per heavy atom. The lowest BCUT2D eigenvalue weighted by atomic mass is 9.95. The minimum Gasteiger partial charge on any atom is -0.507 e. The fourth-order valence-electron chi connectivity index (χ4n) is 3.93. The molecule has 4 rings (SSSR count). The summed E-state index contributed by atoms with van der Waals surface area (Å²) in [6.45, 7) is 4.70. The molecule has 6 nitrogen and oxygen atoms in total. The van der Waals surface area contributed by atoms with Crippen LogP contribution in [0.5, 0.6) is 11.5 Å². The van der Waals surface area contributed by atoms with Gasteiger partial charge in [-0.05, 0) is 60.0 Å². The molecular formula is C28H26BrNO5. The Labute approximate surface area is 212 Å². The van der Waals surface area contributed by atoms with Crippen LogP contribution >= 0.6 is 15.9 Å². The van der Waals surface area contributed by atoms with Crippen LogP contribution in [0.2, 0.25) is 0 Å². The lowest BCUT2D eigenvalue weighted by Crippen LogP contribution is -2.29. The molecule has 1 fully saturated rings. The number of ketones is 1. The molecule has 0 spiro atoms. The molecule has 1 unspecified atom stereocenters. The Balaban J connectivity index is 1.81. The van der Waals surface area contributed by atoms with Crippen LogP contribution in [0.1, 0.15) is 31.0 Å². The van der Waals surface area contributed by atoms with E-state index in [1.54, 1.807) is 79.9 Å². The molecule has 1 amide bonds. The number of aliphatic hydroxyl groups excluding tert-OH is 1. The molecule has 0 aliphatic carbocycles. The van der Waals surface area contributed by atoms with Gasteiger partial charge < -0.3 is 14.6 Å². The van der Waals surface area contributed by atoms with Gasteiger partial charge >= 0.3 is 0 Å². The number of hydrogen-bond acceptors (Lipinski definition) is 5. The molecule has 1 atom stereocenters. The van der Waals surface area contributed by atoms with Crippen LogP contribution in [0.3, 0.4) is 0 Å². The van der Waals surface area contributed by atoms with Crippen molar-refractivity contribution in [2.75, 3.05) is 18.6 Å². The first kappa shape index (κ1) is 24.5. The van der Waals surface area contributed by atoms with Crippen molar-refractivity contribution in [2.45, 2.75) is 19.9 Å². The van der Waals surface area contributed by atoms with Crippen LogP contribution in [0.15, 0.2) is 82.8 Å². The number of rotatable bonds is 7. The molecule has 0 bridgehead atoms. The highest BCUT2D eigenvalue weighted by Gasteiger charge is 2.47. The molecule has 1 aliphatic heterocycles. The Kier molecular flexibility index (Phi) is 7.26. The van der Waals surface area contributed by atoms with Gasteiger partial charge in [0.25, 0.3) is 11.7 Å². The van der Waals surface area contributed by atoms with E-state index in [2.05, 4.69) is 29.8 Å². The molecule has 0 saturated carbocycles. The molecule has 1 saturated heterocycles. The molecule has 3 aromatic carbocycles. The second-order valence-corrected chi connectivity index (χ2v) is 9.56. The van der Waals surface area contributed by atoms with Crippen molar-refractivity contribution in [1.82, 2.24) is 0 Å². The zero-order chi connectivity index (χ0) is 25.1. The van der Waals surface area contributed by atoms with Crippen molar-refractivity contribution >= 4 is 39.1 Å². The van der Waals surface area contributed by atoms with Gasteiger partial charge in [0.2, 0.25) is 0 Å². The van der Waals surface area contributed by atoms with Gasteiger partial charge in [-0.25, -0.2) is 0 Å². The average molecular weight is 536 g/mol. The molecule has 0 aromatic heterocycles. The highest BCUT2D eigenvalue weighted by Crippen LogP contribution is 2.42. The molecule has 1 N–H and O–H groups in total.